The Bertz CT molecular complexity index is 525. The summed E-state index contributed by atoms with van der Waals surface area (Å²) >= 11 is 0. The van der Waals surface area contributed by atoms with Crippen molar-refractivity contribution in [2.45, 2.75) is 38.8 Å². The third kappa shape index (κ3) is 3.33. The lowest BCUT2D eigenvalue weighted by Gasteiger charge is -2.22. The molecule has 4 heteroatoms. The van der Waals surface area contributed by atoms with Crippen molar-refractivity contribution >= 4 is 5.91 Å². The Kier molecular flexibility index (Phi) is 4.79. The maximum atomic E-state index is 12.8. The fraction of sp³-hybridized carbons (Fsp3) is 0.611. The van der Waals surface area contributed by atoms with Gasteiger partial charge in [0.05, 0.1) is 0 Å². The number of hydrogen-bond acceptors (Lipinski definition) is 3. The molecule has 2 fully saturated rings. The second kappa shape index (κ2) is 6.80. The van der Waals surface area contributed by atoms with Crippen molar-refractivity contribution in [1.82, 2.24) is 9.80 Å². The van der Waals surface area contributed by atoms with Crippen LogP contribution in [0.25, 0.3) is 0 Å². The quantitative estimate of drug-likeness (QED) is 0.926. The van der Waals surface area contributed by atoms with E-state index in [1.165, 1.54) is 31.5 Å². The van der Waals surface area contributed by atoms with E-state index in [4.69, 9.17) is 5.73 Å². The number of benzene rings is 1. The summed E-state index contributed by atoms with van der Waals surface area (Å²) in [5.74, 6) is 0.610. The monoisotopic (exact) mass is 301 g/mol. The summed E-state index contributed by atoms with van der Waals surface area (Å²) in [6.07, 6.45) is 3.62. The normalized spacial score (nSPS) is 25.8. The first-order valence-corrected chi connectivity index (χ1v) is 8.49. The predicted octanol–water partition coefficient (Wildman–Crippen LogP) is 2.09. The second-order valence-corrected chi connectivity index (χ2v) is 6.83. The van der Waals surface area contributed by atoms with Gasteiger partial charge in [0.25, 0.3) is 5.91 Å². The first-order valence-electron chi connectivity index (χ1n) is 8.49. The number of nitrogens with zero attached hydrogens (tertiary/aromatic N) is 2. The van der Waals surface area contributed by atoms with Gasteiger partial charge in [0, 0.05) is 24.7 Å². The molecule has 2 saturated heterocycles. The van der Waals surface area contributed by atoms with Gasteiger partial charge in [-0.1, -0.05) is 12.1 Å². The number of nitrogens with two attached hydrogens (primary N) is 1. The van der Waals surface area contributed by atoms with Crippen LogP contribution in [-0.2, 0) is 6.54 Å². The summed E-state index contributed by atoms with van der Waals surface area (Å²) in [5, 5.41) is 0. The average molecular weight is 301 g/mol. The fourth-order valence-corrected chi connectivity index (χ4v) is 3.76. The summed E-state index contributed by atoms with van der Waals surface area (Å²) in [4.78, 5) is 17.2. The molecule has 1 amide bonds. The lowest BCUT2D eigenvalue weighted by atomic mass is 10.1. The van der Waals surface area contributed by atoms with Crippen LogP contribution in [0.2, 0.25) is 0 Å². The molecule has 2 heterocycles. The van der Waals surface area contributed by atoms with E-state index >= 15 is 0 Å². The number of carbonyl (C=O) groups is 1. The number of likely N-dealkylation sites (tertiary alicyclic amines) is 2. The zero-order valence-corrected chi connectivity index (χ0v) is 13.5. The molecule has 0 bridgehead atoms. The number of carbonyl (C=O) groups excluding carboxylic acids is 1. The maximum absolute atomic E-state index is 12.8. The highest BCUT2D eigenvalue weighted by Crippen LogP contribution is 2.24. The van der Waals surface area contributed by atoms with Crippen LogP contribution < -0.4 is 5.73 Å². The molecule has 2 unspecified atom stereocenters. The van der Waals surface area contributed by atoms with Crippen LogP contribution in [0, 0.1) is 5.92 Å². The molecule has 1 aromatic carbocycles. The topological polar surface area (TPSA) is 49.6 Å². The third-order valence-corrected chi connectivity index (χ3v) is 5.03. The van der Waals surface area contributed by atoms with Gasteiger partial charge < -0.3 is 10.6 Å². The summed E-state index contributed by atoms with van der Waals surface area (Å²) in [7, 11) is 0. The Hall–Kier alpha value is -1.39. The summed E-state index contributed by atoms with van der Waals surface area (Å²) in [6, 6.07) is 8.45. The molecule has 0 aliphatic carbocycles. The predicted molar refractivity (Wildman–Crippen MR) is 88.6 cm³/mol. The van der Waals surface area contributed by atoms with Crippen LogP contribution in [0.15, 0.2) is 24.3 Å². The minimum absolute atomic E-state index is 0.159. The molecule has 120 valence electrons. The number of rotatable bonds is 4. The van der Waals surface area contributed by atoms with Crippen molar-refractivity contribution in [3.8, 4) is 0 Å². The zero-order chi connectivity index (χ0) is 15.5. The molecule has 22 heavy (non-hydrogen) atoms. The molecule has 4 nitrogen and oxygen atoms in total. The number of hydrogen-bond donors (Lipinski definition) is 1. The summed E-state index contributed by atoms with van der Waals surface area (Å²) in [5.41, 5.74) is 7.83. The van der Waals surface area contributed by atoms with Crippen molar-refractivity contribution in [1.29, 1.82) is 0 Å². The molecule has 3 rings (SSSR count). The van der Waals surface area contributed by atoms with E-state index in [0.29, 0.717) is 18.5 Å². The third-order valence-electron chi connectivity index (χ3n) is 5.03. The van der Waals surface area contributed by atoms with E-state index < -0.39 is 0 Å². The van der Waals surface area contributed by atoms with E-state index in [1.54, 1.807) is 0 Å². The molecule has 0 saturated carbocycles. The van der Waals surface area contributed by atoms with Crippen LogP contribution >= 0.6 is 0 Å². The van der Waals surface area contributed by atoms with E-state index in [1.807, 2.05) is 17.0 Å². The molecular weight excluding hydrogens is 274 g/mol. The van der Waals surface area contributed by atoms with Gasteiger partial charge in [-0.05, 0) is 69.4 Å². The molecule has 1 aromatic rings. The molecule has 0 spiro atoms. The van der Waals surface area contributed by atoms with Crippen LogP contribution in [0.4, 0.5) is 0 Å². The first kappa shape index (κ1) is 15.5. The zero-order valence-electron chi connectivity index (χ0n) is 13.5. The molecule has 2 aliphatic rings. The lowest BCUT2D eigenvalue weighted by Crippen LogP contribution is -2.34. The molecule has 2 atom stereocenters. The number of amides is 1. The Morgan fingerprint density at radius 3 is 2.77 bits per heavy atom. The van der Waals surface area contributed by atoms with Crippen LogP contribution in [0.3, 0.4) is 0 Å². The smallest absolute Gasteiger partial charge is 0.254 e. The fourth-order valence-electron chi connectivity index (χ4n) is 3.76. The van der Waals surface area contributed by atoms with Gasteiger partial charge >= 0.3 is 0 Å². The molecule has 0 aromatic heterocycles. The molecule has 2 N–H and O–H groups in total. The van der Waals surface area contributed by atoms with E-state index in [-0.39, 0.29) is 5.91 Å². The molecule has 0 radical (unpaired) electrons. The van der Waals surface area contributed by atoms with Crippen molar-refractivity contribution in [3.05, 3.63) is 35.4 Å². The second-order valence-electron chi connectivity index (χ2n) is 6.83. The van der Waals surface area contributed by atoms with Crippen molar-refractivity contribution < 1.29 is 4.79 Å². The van der Waals surface area contributed by atoms with Gasteiger partial charge in [0.15, 0.2) is 0 Å². The Morgan fingerprint density at radius 1 is 1.32 bits per heavy atom. The highest BCUT2D eigenvalue weighted by atomic mass is 16.2. The largest absolute Gasteiger partial charge is 0.336 e. The van der Waals surface area contributed by atoms with Gasteiger partial charge in [-0.25, -0.2) is 0 Å². The summed E-state index contributed by atoms with van der Waals surface area (Å²) < 4.78 is 0. The van der Waals surface area contributed by atoms with E-state index in [9.17, 15) is 4.79 Å². The Balaban J connectivity index is 1.69. The van der Waals surface area contributed by atoms with Gasteiger partial charge in [-0.3, -0.25) is 9.69 Å². The van der Waals surface area contributed by atoms with Crippen molar-refractivity contribution in [2.24, 2.45) is 11.7 Å². The minimum atomic E-state index is 0.159. The highest BCUT2D eigenvalue weighted by Gasteiger charge is 2.32. The van der Waals surface area contributed by atoms with Gasteiger partial charge in [-0.15, -0.1) is 0 Å². The Morgan fingerprint density at radius 2 is 2.09 bits per heavy atom. The van der Waals surface area contributed by atoms with Crippen LogP contribution in [0.5, 0.6) is 0 Å². The minimum Gasteiger partial charge on any atom is -0.336 e. The average Bonchev–Trinajstić information content (AvgIpc) is 3.16. The summed E-state index contributed by atoms with van der Waals surface area (Å²) in [6.45, 7) is 6.92. The lowest BCUT2D eigenvalue weighted by molar-refractivity contribution is 0.0743. The van der Waals surface area contributed by atoms with Crippen molar-refractivity contribution in [3.63, 3.8) is 0 Å². The van der Waals surface area contributed by atoms with Crippen LogP contribution in [0.1, 0.15) is 42.1 Å². The maximum Gasteiger partial charge on any atom is 0.254 e. The van der Waals surface area contributed by atoms with E-state index in [2.05, 4.69) is 24.0 Å². The van der Waals surface area contributed by atoms with Gasteiger partial charge in [0.2, 0.25) is 0 Å². The van der Waals surface area contributed by atoms with E-state index in [0.717, 1.165) is 25.1 Å². The molecular formula is C18H27N3O. The first-order chi connectivity index (χ1) is 10.7. The van der Waals surface area contributed by atoms with Crippen molar-refractivity contribution in [2.75, 3.05) is 26.2 Å². The van der Waals surface area contributed by atoms with Gasteiger partial charge in [0.1, 0.15) is 0 Å². The SMILES string of the molecule is CC1CC(CN)CN1C(=O)c1cccc(CN2CCCC2)c1. The standard InChI is InChI=1S/C18H27N3O/c1-14-9-16(11-19)13-21(14)18(22)17-6-4-5-15(10-17)12-20-7-2-3-8-20/h4-6,10,14,16H,2-3,7-9,11-13,19H2,1H3. The molecule has 2 aliphatic heterocycles. The van der Waals surface area contributed by atoms with Gasteiger partial charge in [-0.2, -0.15) is 0 Å². The Labute approximate surface area is 133 Å². The van der Waals surface area contributed by atoms with Crippen LogP contribution in [-0.4, -0.2) is 47.9 Å². The highest BCUT2D eigenvalue weighted by molar-refractivity contribution is 5.94.